The van der Waals surface area contributed by atoms with Crippen LogP contribution in [0.5, 0.6) is 11.5 Å². The van der Waals surface area contributed by atoms with Crippen molar-refractivity contribution in [3.8, 4) is 11.5 Å². The average molecular weight is 297 g/mol. The topological polar surface area (TPSA) is 48.0 Å². The maximum Gasteiger partial charge on any atom is 0.240 e. The number of carbonyl (C=O) groups is 1. The van der Waals surface area contributed by atoms with E-state index < -0.39 is 5.25 Å². The van der Waals surface area contributed by atoms with Gasteiger partial charge in [0, 0.05) is 13.1 Å². The number of benzene rings is 1. The van der Waals surface area contributed by atoms with Crippen molar-refractivity contribution in [3.05, 3.63) is 23.8 Å². The average Bonchev–Trinajstić information content (AvgIpc) is 2.53. The minimum Gasteiger partial charge on any atom is -0.496 e. The fourth-order valence-corrected chi connectivity index (χ4v) is 2.65. The van der Waals surface area contributed by atoms with Crippen molar-refractivity contribution in [1.82, 2.24) is 4.90 Å². The largest absolute Gasteiger partial charge is 0.496 e. The van der Waals surface area contributed by atoms with Gasteiger partial charge in [0.25, 0.3) is 0 Å². The molecule has 0 N–H and O–H groups in total. The maximum atomic E-state index is 12.5. The molecule has 0 aromatic heterocycles. The summed E-state index contributed by atoms with van der Waals surface area (Å²) in [6.07, 6.45) is 0. The van der Waals surface area contributed by atoms with E-state index in [0.29, 0.717) is 43.4 Å². The molecule has 110 valence electrons. The standard InChI is InChI=1S/C14H19NO4S/c1-17-10-4-3-5-11(18-2)12(10)13(20)14(16)15-6-8-19-9-7-15/h3-5,13,20H,6-9H2,1-2H3. The highest BCUT2D eigenvalue weighted by Gasteiger charge is 2.29. The Kier molecular flexibility index (Phi) is 5.14. The number of thiol groups is 1. The molecule has 5 nitrogen and oxygen atoms in total. The Morgan fingerprint density at radius 1 is 1.25 bits per heavy atom. The molecular weight excluding hydrogens is 278 g/mol. The van der Waals surface area contributed by atoms with Gasteiger partial charge in [-0.3, -0.25) is 4.79 Å². The predicted octanol–water partition coefficient (Wildman–Crippen LogP) is 1.53. The van der Waals surface area contributed by atoms with Gasteiger partial charge in [-0.25, -0.2) is 0 Å². The number of ether oxygens (including phenoxy) is 3. The van der Waals surface area contributed by atoms with Crippen molar-refractivity contribution in [1.29, 1.82) is 0 Å². The molecule has 0 spiro atoms. The monoisotopic (exact) mass is 297 g/mol. The Labute approximate surface area is 124 Å². The second kappa shape index (κ2) is 6.85. The lowest BCUT2D eigenvalue weighted by molar-refractivity contribution is -0.134. The minimum atomic E-state index is -0.612. The van der Waals surface area contributed by atoms with Crippen molar-refractivity contribution in [2.75, 3.05) is 40.5 Å². The molecule has 20 heavy (non-hydrogen) atoms. The number of morpholine rings is 1. The van der Waals surface area contributed by atoms with Crippen LogP contribution in [0.15, 0.2) is 18.2 Å². The van der Waals surface area contributed by atoms with Crippen molar-refractivity contribution in [3.63, 3.8) is 0 Å². The second-order valence-corrected chi connectivity index (χ2v) is 4.93. The van der Waals surface area contributed by atoms with E-state index in [1.54, 1.807) is 31.3 Å². The van der Waals surface area contributed by atoms with E-state index in [0.717, 1.165) is 0 Å². The van der Waals surface area contributed by atoms with Crippen molar-refractivity contribution >= 4 is 18.5 Å². The highest BCUT2D eigenvalue weighted by atomic mass is 32.1. The lowest BCUT2D eigenvalue weighted by Gasteiger charge is -2.29. The summed E-state index contributed by atoms with van der Waals surface area (Å²) in [5.41, 5.74) is 0.664. The molecule has 1 fully saturated rings. The molecule has 1 aromatic carbocycles. The zero-order chi connectivity index (χ0) is 14.5. The normalized spacial score (nSPS) is 16.6. The van der Waals surface area contributed by atoms with Crippen LogP contribution in [0.2, 0.25) is 0 Å². The molecule has 1 atom stereocenters. The van der Waals surface area contributed by atoms with Crippen LogP contribution >= 0.6 is 12.6 Å². The van der Waals surface area contributed by atoms with Crippen LogP contribution in [0, 0.1) is 0 Å². The Hall–Kier alpha value is -1.40. The fourth-order valence-electron chi connectivity index (χ4n) is 2.23. The molecule has 1 amide bonds. The third kappa shape index (κ3) is 3.02. The first-order valence-corrected chi connectivity index (χ1v) is 6.96. The molecule has 1 saturated heterocycles. The van der Waals surface area contributed by atoms with Gasteiger partial charge in [-0.05, 0) is 12.1 Å². The van der Waals surface area contributed by atoms with Crippen LogP contribution in [0.25, 0.3) is 0 Å². The Bertz CT molecular complexity index is 452. The van der Waals surface area contributed by atoms with Gasteiger partial charge in [0.05, 0.1) is 33.0 Å². The van der Waals surface area contributed by atoms with Gasteiger partial charge in [-0.2, -0.15) is 12.6 Å². The molecule has 1 aliphatic heterocycles. The SMILES string of the molecule is COc1cccc(OC)c1C(S)C(=O)N1CCOCC1. The van der Waals surface area contributed by atoms with Gasteiger partial charge in [-0.15, -0.1) is 0 Å². The molecule has 1 aliphatic rings. The lowest BCUT2D eigenvalue weighted by atomic mass is 10.1. The Balaban J connectivity index is 2.27. The molecule has 2 rings (SSSR count). The Morgan fingerprint density at radius 3 is 2.30 bits per heavy atom. The van der Waals surface area contributed by atoms with Gasteiger partial charge in [-0.1, -0.05) is 6.07 Å². The summed E-state index contributed by atoms with van der Waals surface area (Å²) in [6, 6.07) is 5.42. The molecule has 1 heterocycles. The number of hydrogen-bond donors (Lipinski definition) is 1. The van der Waals surface area contributed by atoms with Crippen LogP contribution in [0.1, 0.15) is 10.8 Å². The van der Waals surface area contributed by atoms with E-state index in [-0.39, 0.29) is 5.91 Å². The van der Waals surface area contributed by atoms with Gasteiger partial charge in [0.1, 0.15) is 16.7 Å². The zero-order valence-corrected chi connectivity index (χ0v) is 12.6. The second-order valence-electron chi connectivity index (χ2n) is 4.42. The quantitative estimate of drug-likeness (QED) is 0.856. The third-order valence-corrected chi connectivity index (χ3v) is 3.78. The third-order valence-electron chi connectivity index (χ3n) is 3.30. The molecule has 0 aliphatic carbocycles. The summed E-state index contributed by atoms with van der Waals surface area (Å²) in [5, 5.41) is -0.612. The molecule has 0 radical (unpaired) electrons. The number of methoxy groups -OCH3 is 2. The zero-order valence-electron chi connectivity index (χ0n) is 11.7. The van der Waals surface area contributed by atoms with E-state index >= 15 is 0 Å². The highest BCUT2D eigenvalue weighted by Crippen LogP contribution is 2.38. The maximum absolute atomic E-state index is 12.5. The van der Waals surface area contributed by atoms with E-state index in [1.807, 2.05) is 6.07 Å². The van der Waals surface area contributed by atoms with E-state index in [2.05, 4.69) is 12.6 Å². The first-order valence-electron chi connectivity index (χ1n) is 6.44. The number of hydrogen-bond acceptors (Lipinski definition) is 5. The molecule has 0 bridgehead atoms. The van der Waals surface area contributed by atoms with Gasteiger partial charge in [0.2, 0.25) is 5.91 Å². The van der Waals surface area contributed by atoms with Crippen LogP contribution in [0.4, 0.5) is 0 Å². The van der Waals surface area contributed by atoms with E-state index in [9.17, 15) is 4.79 Å². The molecule has 1 unspecified atom stereocenters. The molecule has 6 heteroatoms. The Morgan fingerprint density at radius 2 is 1.80 bits per heavy atom. The number of carbonyl (C=O) groups excluding carboxylic acids is 1. The van der Waals surface area contributed by atoms with Crippen molar-refractivity contribution in [2.24, 2.45) is 0 Å². The summed E-state index contributed by atoms with van der Waals surface area (Å²) in [5.74, 6) is 1.15. The fraction of sp³-hybridized carbons (Fsp3) is 0.500. The van der Waals surface area contributed by atoms with Gasteiger partial charge < -0.3 is 19.1 Å². The number of amides is 1. The highest BCUT2D eigenvalue weighted by molar-refractivity contribution is 7.81. The van der Waals surface area contributed by atoms with E-state index in [4.69, 9.17) is 14.2 Å². The van der Waals surface area contributed by atoms with Crippen LogP contribution < -0.4 is 9.47 Å². The smallest absolute Gasteiger partial charge is 0.240 e. The predicted molar refractivity (Wildman–Crippen MR) is 78.7 cm³/mol. The molecule has 1 aromatic rings. The summed E-state index contributed by atoms with van der Waals surface area (Å²) >= 11 is 4.48. The van der Waals surface area contributed by atoms with Crippen LogP contribution in [-0.4, -0.2) is 51.3 Å². The van der Waals surface area contributed by atoms with Crippen LogP contribution in [0.3, 0.4) is 0 Å². The van der Waals surface area contributed by atoms with Crippen molar-refractivity contribution in [2.45, 2.75) is 5.25 Å². The first-order chi connectivity index (χ1) is 9.69. The summed E-state index contributed by atoms with van der Waals surface area (Å²) in [4.78, 5) is 14.3. The number of rotatable bonds is 4. The van der Waals surface area contributed by atoms with Gasteiger partial charge >= 0.3 is 0 Å². The molecule has 0 saturated carbocycles. The lowest BCUT2D eigenvalue weighted by Crippen LogP contribution is -2.42. The number of nitrogens with zero attached hydrogens (tertiary/aromatic N) is 1. The van der Waals surface area contributed by atoms with Gasteiger partial charge in [0.15, 0.2) is 0 Å². The first kappa shape index (κ1) is 15.0. The van der Waals surface area contributed by atoms with E-state index in [1.165, 1.54) is 0 Å². The minimum absolute atomic E-state index is 0.0561. The summed E-state index contributed by atoms with van der Waals surface area (Å²) < 4.78 is 15.9. The summed E-state index contributed by atoms with van der Waals surface area (Å²) in [7, 11) is 3.13. The summed E-state index contributed by atoms with van der Waals surface area (Å²) in [6.45, 7) is 2.31. The molecular formula is C14H19NO4S. The van der Waals surface area contributed by atoms with Crippen LogP contribution in [-0.2, 0) is 9.53 Å². The van der Waals surface area contributed by atoms with Crippen molar-refractivity contribution < 1.29 is 19.0 Å².